The molecule has 1 aromatic carbocycles. The molecular formula is C11H9N5O4S. The zero-order chi connectivity index (χ0) is 15.6. The number of aromatic nitrogens is 1. The average molecular weight is 307 g/mol. The number of primary amides is 2. The molecule has 2 rings (SSSR count). The van der Waals surface area contributed by atoms with Gasteiger partial charge < -0.3 is 11.5 Å². The number of amides is 3. The maximum Gasteiger partial charge on any atom is 0.317 e. The fraction of sp³-hybridized carbons (Fsp3) is 0. The minimum absolute atomic E-state index is 0.00709. The van der Waals surface area contributed by atoms with Gasteiger partial charge in [-0.1, -0.05) is 0 Å². The van der Waals surface area contributed by atoms with Crippen LogP contribution in [0.25, 0.3) is 11.3 Å². The normalized spacial score (nSPS) is 10.1. The Bertz CT molecular complexity index is 725. The first-order valence-electron chi connectivity index (χ1n) is 5.51. The van der Waals surface area contributed by atoms with E-state index in [1.807, 2.05) is 0 Å². The van der Waals surface area contributed by atoms with Crippen LogP contribution in [-0.2, 0) is 0 Å². The largest absolute Gasteiger partial charge is 0.365 e. The summed E-state index contributed by atoms with van der Waals surface area (Å²) in [6, 6.07) is 4.58. The van der Waals surface area contributed by atoms with E-state index in [9.17, 15) is 19.7 Å². The topological polar surface area (TPSA) is 154 Å². The lowest BCUT2D eigenvalue weighted by molar-refractivity contribution is -0.384. The van der Waals surface area contributed by atoms with Crippen molar-refractivity contribution in [2.45, 2.75) is 0 Å². The summed E-state index contributed by atoms with van der Waals surface area (Å²) < 4.78 is 4.04. The SMILES string of the molecule is NC(=O)Nc1snc(-c2ccc([N+](=O)[O-])cc2)c1C(N)=O. The quantitative estimate of drug-likeness (QED) is 0.573. The second kappa shape index (κ2) is 5.54. The highest BCUT2D eigenvalue weighted by Gasteiger charge is 2.21. The number of nitro groups is 1. The Balaban J connectivity index is 2.48. The Morgan fingerprint density at radius 3 is 2.33 bits per heavy atom. The number of nitro benzene ring substituents is 1. The van der Waals surface area contributed by atoms with Crippen molar-refractivity contribution < 1.29 is 14.5 Å². The number of anilines is 1. The molecule has 2 aromatic rings. The number of carbonyl (C=O) groups excluding carboxylic acids is 2. The van der Waals surface area contributed by atoms with Crippen LogP contribution in [0.3, 0.4) is 0 Å². The standard InChI is InChI=1S/C11H9N5O4S/c12-9(17)7-8(15-21-10(7)14-11(13)18)5-1-3-6(4-2-5)16(19)20/h1-4H,(H2,12,17)(H3,13,14,18). The van der Waals surface area contributed by atoms with Gasteiger partial charge in [0.15, 0.2) is 0 Å². The van der Waals surface area contributed by atoms with E-state index in [0.717, 1.165) is 11.5 Å². The molecule has 0 fully saturated rings. The Morgan fingerprint density at radius 1 is 1.24 bits per heavy atom. The van der Waals surface area contributed by atoms with Gasteiger partial charge in [0.1, 0.15) is 10.6 Å². The lowest BCUT2D eigenvalue weighted by Crippen LogP contribution is -2.21. The zero-order valence-electron chi connectivity index (χ0n) is 10.4. The highest BCUT2D eigenvalue weighted by molar-refractivity contribution is 7.11. The third kappa shape index (κ3) is 2.95. The first-order chi connectivity index (χ1) is 9.90. The van der Waals surface area contributed by atoms with Crippen LogP contribution < -0.4 is 16.8 Å². The number of rotatable bonds is 4. The second-order valence-corrected chi connectivity index (χ2v) is 4.67. The van der Waals surface area contributed by atoms with Gasteiger partial charge in [-0.2, -0.15) is 4.37 Å². The van der Waals surface area contributed by atoms with E-state index in [-0.39, 0.29) is 21.9 Å². The summed E-state index contributed by atoms with van der Waals surface area (Å²) in [5.41, 5.74) is 10.9. The van der Waals surface area contributed by atoms with Gasteiger partial charge in [0, 0.05) is 17.7 Å². The smallest absolute Gasteiger partial charge is 0.317 e. The molecule has 1 aromatic heterocycles. The number of nitrogens with two attached hydrogens (primary N) is 2. The Hall–Kier alpha value is -3.01. The number of nitrogens with zero attached hydrogens (tertiary/aromatic N) is 2. The predicted octanol–water partition coefficient (Wildman–Crippen LogP) is 1.31. The molecule has 0 radical (unpaired) electrons. The monoisotopic (exact) mass is 307 g/mol. The van der Waals surface area contributed by atoms with E-state index < -0.39 is 16.9 Å². The molecule has 1 heterocycles. The van der Waals surface area contributed by atoms with Crippen LogP contribution in [0, 0.1) is 10.1 Å². The van der Waals surface area contributed by atoms with Crippen molar-refractivity contribution in [2.75, 3.05) is 5.32 Å². The molecule has 3 amide bonds. The minimum atomic E-state index is -0.851. The van der Waals surface area contributed by atoms with Crippen LogP contribution >= 0.6 is 11.5 Å². The Labute approximate surface area is 121 Å². The molecule has 0 aliphatic carbocycles. The van der Waals surface area contributed by atoms with Crippen molar-refractivity contribution >= 4 is 34.2 Å². The van der Waals surface area contributed by atoms with Gasteiger partial charge >= 0.3 is 6.03 Å². The summed E-state index contributed by atoms with van der Waals surface area (Å²) in [7, 11) is 0. The molecule has 5 N–H and O–H groups in total. The van der Waals surface area contributed by atoms with E-state index in [1.54, 1.807) is 0 Å². The summed E-state index contributed by atoms with van der Waals surface area (Å²) >= 11 is 0.842. The van der Waals surface area contributed by atoms with Crippen LogP contribution in [0.4, 0.5) is 15.5 Å². The minimum Gasteiger partial charge on any atom is -0.365 e. The summed E-state index contributed by atoms with van der Waals surface area (Å²) in [5.74, 6) is -0.791. The van der Waals surface area contributed by atoms with E-state index in [4.69, 9.17) is 11.5 Å². The van der Waals surface area contributed by atoms with Crippen molar-refractivity contribution in [1.82, 2.24) is 4.37 Å². The van der Waals surface area contributed by atoms with E-state index in [2.05, 4.69) is 9.69 Å². The van der Waals surface area contributed by atoms with Crippen LogP contribution in [0.5, 0.6) is 0 Å². The number of hydrogen-bond acceptors (Lipinski definition) is 6. The van der Waals surface area contributed by atoms with Crippen molar-refractivity contribution in [1.29, 1.82) is 0 Å². The lowest BCUT2D eigenvalue weighted by Gasteiger charge is -2.02. The molecule has 0 saturated heterocycles. The maximum atomic E-state index is 11.5. The third-order valence-corrected chi connectivity index (χ3v) is 3.29. The van der Waals surface area contributed by atoms with Gasteiger partial charge in [-0.15, -0.1) is 0 Å². The Morgan fingerprint density at radius 2 is 1.86 bits per heavy atom. The molecular weight excluding hydrogens is 298 g/mol. The van der Waals surface area contributed by atoms with Crippen molar-refractivity contribution in [3.8, 4) is 11.3 Å². The highest BCUT2D eigenvalue weighted by atomic mass is 32.1. The number of nitrogens with one attached hydrogen (secondary N) is 1. The van der Waals surface area contributed by atoms with Crippen LogP contribution in [0.2, 0.25) is 0 Å². The molecule has 9 nitrogen and oxygen atoms in total. The molecule has 0 atom stereocenters. The Kier molecular flexibility index (Phi) is 3.80. The van der Waals surface area contributed by atoms with Crippen molar-refractivity contribution in [3.63, 3.8) is 0 Å². The molecule has 108 valence electrons. The average Bonchev–Trinajstić information content (AvgIpc) is 2.81. The number of carbonyl (C=O) groups is 2. The van der Waals surface area contributed by atoms with Gasteiger partial charge in [-0.05, 0) is 23.7 Å². The first-order valence-corrected chi connectivity index (χ1v) is 6.28. The van der Waals surface area contributed by atoms with Gasteiger partial charge in [-0.3, -0.25) is 20.2 Å². The fourth-order valence-electron chi connectivity index (χ4n) is 1.65. The molecule has 0 bridgehead atoms. The molecule has 0 saturated carbocycles. The number of benzene rings is 1. The molecule has 0 unspecified atom stereocenters. The van der Waals surface area contributed by atoms with Crippen LogP contribution in [0.15, 0.2) is 24.3 Å². The van der Waals surface area contributed by atoms with Gasteiger partial charge in [0.05, 0.1) is 10.6 Å². The number of urea groups is 1. The lowest BCUT2D eigenvalue weighted by atomic mass is 10.1. The van der Waals surface area contributed by atoms with Gasteiger partial charge in [0.2, 0.25) is 0 Å². The number of non-ortho nitro benzene ring substituents is 1. The van der Waals surface area contributed by atoms with E-state index >= 15 is 0 Å². The van der Waals surface area contributed by atoms with Crippen molar-refractivity contribution in [3.05, 3.63) is 39.9 Å². The summed E-state index contributed by atoms with van der Waals surface area (Å²) in [6.45, 7) is 0. The second-order valence-electron chi connectivity index (χ2n) is 3.89. The molecule has 0 aliphatic heterocycles. The first kappa shape index (κ1) is 14.4. The molecule has 21 heavy (non-hydrogen) atoms. The van der Waals surface area contributed by atoms with Gasteiger partial charge in [-0.25, -0.2) is 4.79 Å². The van der Waals surface area contributed by atoms with Gasteiger partial charge in [0.25, 0.3) is 11.6 Å². The molecule has 0 aliphatic rings. The highest BCUT2D eigenvalue weighted by Crippen LogP contribution is 2.32. The summed E-state index contributed by atoms with van der Waals surface area (Å²) in [4.78, 5) is 32.5. The molecule has 0 spiro atoms. The fourth-order valence-corrected chi connectivity index (χ4v) is 2.47. The third-order valence-electron chi connectivity index (χ3n) is 2.53. The summed E-state index contributed by atoms with van der Waals surface area (Å²) in [5, 5.41) is 13.0. The predicted molar refractivity (Wildman–Crippen MR) is 75.9 cm³/mol. The summed E-state index contributed by atoms with van der Waals surface area (Å²) in [6.07, 6.45) is 0. The van der Waals surface area contributed by atoms with Crippen molar-refractivity contribution in [2.24, 2.45) is 11.5 Å². The number of hydrogen-bond donors (Lipinski definition) is 3. The van der Waals surface area contributed by atoms with E-state index in [1.165, 1.54) is 24.3 Å². The van der Waals surface area contributed by atoms with E-state index in [0.29, 0.717) is 5.56 Å². The maximum absolute atomic E-state index is 11.5. The van der Waals surface area contributed by atoms with Crippen LogP contribution in [-0.4, -0.2) is 21.2 Å². The molecule has 10 heteroatoms. The zero-order valence-corrected chi connectivity index (χ0v) is 11.2. The van der Waals surface area contributed by atoms with Crippen LogP contribution in [0.1, 0.15) is 10.4 Å².